The molecule has 0 aromatic heterocycles. The molecule has 0 atom stereocenters. The third kappa shape index (κ3) is 4.42. The number of ether oxygens (including phenoxy) is 3. The van der Waals surface area contributed by atoms with Crippen LogP contribution in [0.3, 0.4) is 0 Å². The van der Waals surface area contributed by atoms with Crippen LogP contribution >= 0.6 is 7.26 Å². The molecule has 0 radical (unpaired) electrons. The summed E-state index contributed by atoms with van der Waals surface area (Å²) in [6.45, 7) is 0. The van der Waals surface area contributed by atoms with Crippen LogP contribution in [0.1, 0.15) is 0 Å². The normalized spacial score (nSPS) is 13.7. The van der Waals surface area contributed by atoms with Gasteiger partial charge in [-0.25, -0.2) is 0 Å². The van der Waals surface area contributed by atoms with E-state index in [4.69, 9.17) is 14.2 Å². The first kappa shape index (κ1) is 29.4. The standard InChI is InChI=1S/C25H22F9O3P/c1-35-16-7-4-10-19(13-16)38(20-11-5-8-17(14-20)36-2,21-12-6-9-18(15-21)37-3)25(33,34)23(28,29)22(26,27)24(30,31)32/h4-15,38H,1-3H3. The Balaban J connectivity index is 2.62. The molecule has 3 nitrogen and oxygen atoms in total. The molecule has 3 aromatic carbocycles. The predicted octanol–water partition coefficient (Wildman–Crippen LogP) is 6.16. The number of rotatable bonds is 9. The molecule has 0 aliphatic carbocycles. The summed E-state index contributed by atoms with van der Waals surface area (Å²) in [5, 5.41) is -1.87. The SMILES string of the molecule is COc1cccc([PH](c2cccc(OC)c2)(c2cccc(OC)c2)C(F)(F)C(F)(F)C(F)(F)C(F)(F)F)c1. The number of hydrogen-bond donors (Lipinski definition) is 0. The van der Waals surface area contributed by atoms with Gasteiger partial charge >= 0.3 is 212 Å². The van der Waals surface area contributed by atoms with Crippen molar-refractivity contribution in [2.24, 2.45) is 0 Å². The van der Waals surface area contributed by atoms with E-state index in [-0.39, 0.29) is 17.2 Å². The molecule has 13 heteroatoms. The van der Waals surface area contributed by atoms with E-state index in [1.165, 1.54) is 18.2 Å². The van der Waals surface area contributed by atoms with Crippen molar-refractivity contribution in [3.63, 3.8) is 0 Å². The fourth-order valence-electron chi connectivity index (χ4n) is 4.22. The molecule has 0 spiro atoms. The number of alkyl halides is 9. The molecule has 0 aliphatic heterocycles. The minimum atomic E-state index is -7.10. The second-order valence-electron chi connectivity index (χ2n) is 8.17. The third-order valence-corrected chi connectivity index (χ3v) is 10.9. The van der Waals surface area contributed by atoms with Gasteiger partial charge in [0.1, 0.15) is 0 Å². The Morgan fingerprint density at radius 2 is 0.816 bits per heavy atom. The van der Waals surface area contributed by atoms with Crippen LogP contribution in [0.5, 0.6) is 17.2 Å². The molecule has 0 amide bonds. The summed E-state index contributed by atoms with van der Waals surface area (Å²) in [5.41, 5.74) is -6.00. The van der Waals surface area contributed by atoms with Crippen LogP contribution in [0.25, 0.3) is 0 Å². The zero-order valence-electron chi connectivity index (χ0n) is 20.1. The van der Waals surface area contributed by atoms with Gasteiger partial charge in [-0.15, -0.1) is 0 Å². The molecular weight excluding hydrogens is 550 g/mol. The van der Waals surface area contributed by atoms with Crippen molar-refractivity contribution in [3.05, 3.63) is 72.8 Å². The van der Waals surface area contributed by atoms with Crippen molar-refractivity contribution in [1.82, 2.24) is 0 Å². The van der Waals surface area contributed by atoms with Crippen LogP contribution in [0.2, 0.25) is 0 Å². The molecule has 0 N–H and O–H groups in total. The Morgan fingerprint density at radius 3 is 1.08 bits per heavy atom. The fraction of sp³-hybridized carbons (Fsp3) is 0.280. The average Bonchev–Trinajstić information content (AvgIpc) is 2.88. The molecular formula is C25H22F9O3P. The minimum absolute atomic E-state index is 0.119. The summed E-state index contributed by atoms with van der Waals surface area (Å²) >= 11 is 0. The Bertz CT molecular complexity index is 1160. The van der Waals surface area contributed by atoms with Crippen molar-refractivity contribution in [2.75, 3.05) is 21.3 Å². The first-order valence-electron chi connectivity index (χ1n) is 10.8. The predicted molar refractivity (Wildman–Crippen MR) is 127 cm³/mol. The van der Waals surface area contributed by atoms with Crippen molar-refractivity contribution in [3.8, 4) is 17.2 Å². The van der Waals surface area contributed by atoms with E-state index in [1.54, 1.807) is 0 Å². The molecule has 3 rings (SSSR count). The van der Waals surface area contributed by atoms with E-state index >= 15 is 17.6 Å². The summed E-state index contributed by atoms with van der Waals surface area (Å²) in [6, 6.07) is 12.9. The maximum absolute atomic E-state index is 16.5. The Hall–Kier alpha value is -3.14. The zero-order chi connectivity index (χ0) is 28.6. The van der Waals surface area contributed by atoms with Crippen molar-refractivity contribution >= 4 is 23.2 Å². The number of halogens is 9. The molecule has 3 aromatic rings. The van der Waals surface area contributed by atoms with Gasteiger partial charge in [-0.1, -0.05) is 0 Å². The Kier molecular flexibility index (Phi) is 7.90. The van der Waals surface area contributed by atoms with E-state index < -0.39 is 46.9 Å². The summed E-state index contributed by atoms with van der Waals surface area (Å²) < 4.78 is 147. The molecule has 38 heavy (non-hydrogen) atoms. The second kappa shape index (κ2) is 10.2. The van der Waals surface area contributed by atoms with Gasteiger partial charge in [0.15, 0.2) is 0 Å². The van der Waals surface area contributed by atoms with Crippen molar-refractivity contribution < 1.29 is 53.7 Å². The topological polar surface area (TPSA) is 27.7 Å². The van der Waals surface area contributed by atoms with Crippen LogP contribution < -0.4 is 30.1 Å². The van der Waals surface area contributed by atoms with E-state index in [2.05, 4.69) is 0 Å². The van der Waals surface area contributed by atoms with Gasteiger partial charge in [-0.05, 0) is 0 Å². The molecule has 0 fully saturated rings. The zero-order valence-corrected chi connectivity index (χ0v) is 21.1. The number of methoxy groups -OCH3 is 3. The monoisotopic (exact) mass is 572 g/mol. The van der Waals surface area contributed by atoms with Gasteiger partial charge in [0.05, 0.1) is 0 Å². The molecule has 0 saturated heterocycles. The summed E-state index contributed by atoms with van der Waals surface area (Å²) in [5.74, 6) is -14.4. The van der Waals surface area contributed by atoms with Gasteiger partial charge in [-0.2, -0.15) is 0 Å². The first-order valence-corrected chi connectivity index (χ1v) is 12.8. The third-order valence-electron chi connectivity index (χ3n) is 6.12. The second-order valence-corrected chi connectivity index (χ2v) is 12.0. The van der Waals surface area contributed by atoms with Crippen LogP contribution in [0, 0.1) is 0 Å². The average molecular weight is 572 g/mol. The molecule has 208 valence electrons. The van der Waals surface area contributed by atoms with E-state index in [9.17, 15) is 22.0 Å². The molecule has 0 bridgehead atoms. The van der Waals surface area contributed by atoms with E-state index in [0.29, 0.717) is 0 Å². The first-order chi connectivity index (χ1) is 17.6. The molecule has 0 unspecified atom stereocenters. The molecule has 0 aliphatic rings. The Morgan fingerprint density at radius 1 is 0.500 bits per heavy atom. The molecule has 0 heterocycles. The van der Waals surface area contributed by atoms with Gasteiger partial charge in [0, 0.05) is 0 Å². The van der Waals surface area contributed by atoms with E-state index in [1.807, 2.05) is 0 Å². The summed E-state index contributed by atoms with van der Waals surface area (Å²) in [4.78, 5) is 0. The number of benzene rings is 3. The quantitative estimate of drug-likeness (QED) is 0.227. The van der Waals surface area contributed by atoms with Crippen LogP contribution in [-0.2, 0) is 0 Å². The van der Waals surface area contributed by atoms with Gasteiger partial charge < -0.3 is 0 Å². The van der Waals surface area contributed by atoms with Gasteiger partial charge in [0.2, 0.25) is 0 Å². The maximum atomic E-state index is 16.5. The van der Waals surface area contributed by atoms with Crippen LogP contribution in [0.15, 0.2) is 72.8 Å². The van der Waals surface area contributed by atoms with Crippen LogP contribution in [-0.4, -0.2) is 45.0 Å². The summed E-state index contributed by atoms with van der Waals surface area (Å²) in [7, 11) is -2.49. The Labute approximate surface area is 212 Å². The van der Waals surface area contributed by atoms with Crippen molar-refractivity contribution in [2.45, 2.75) is 23.7 Å². The van der Waals surface area contributed by atoms with Gasteiger partial charge in [-0.3, -0.25) is 0 Å². The van der Waals surface area contributed by atoms with Crippen molar-refractivity contribution in [1.29, 1.82) is 0 Å². The number of hydrogen-bond acceptors (Lipinski definition) is 3. The van der Waals surface area contributed by atoms with Gasteiger partial charge in [0.25, 0.3) is 0 Å². The van der Waals surface area contributed by atoms with E-state index in [0.717, 1.165) is 75.9 Å². The fourth-order valence-corrected chi connectivity index (χ4v) is 9.05. The summed E-state index contributed by atoms with van der Waals surface area (Å²) in [6.07, 6.45) is -6.99. The van der Waals surface area contributed by atoms with Crippen LogP contribution in [0.4, 0.5) is 39.5 Å². The molecule has 0 saturated carbocycles.